The molecular weight excluding hydrogens is 223 g/mol. The summed E-state index contributed by atoms with van der Waals surface area (Å²) in [6, 6.07) is 10.0. The quantitative estimate of drug-likeness (QED) is 0.836. The second-order valence-electron chi connectivity index (χ2n) is 3.52. The smallest absolute Gasteiger partial charge is 0.339 e. The average Bonchev–Trinajstić information content (AvgIpc) is 2.30. The lowest BCUT2D eigenvalue weighted by Gasteiger charge is -2.05. The van der Waals surface area contributed by atoms with Crippen LogP contribution in [0.15, 0.2) is 42.5 Å². The summed E-state index contributed by atoms with van der Waals surface area (Å²) in [4.78, 5) is 10.8. The molecule has 17 heavy (non-hydrogen) atoms. The zero-order chi connectivity index (χ0) is 12.4. The largest absolute Gasteiger partial charge is 0.507 e. The number of carboxylic acids is 1. The van der Waals surface area contributed by atoms with E-state index in [1.54, 1.807) is 18.2 Å². The molecule has 2 aromatic rings. The van der Waals surface area contributed by atoms with Crippen molar-refractivity contribution in [1.29, 1.82) is 0 Å². The lowest BCUT2D eigenvalue weighted by atomic mass is 10.0. The molecule has 2 rings (SSSR count). The third-order valence-corrected chi connectivity index (χ3v) is 2.41. The van der Waals surface area contributed by atoms with E-state index >= 15 is 0 Å². The standard InChI is InChI=1S/C13H9FO3/c14-11-4-2-1-3-9(11)8-5-6-12(15)10(7-8)13(16)17/h1-7,15H,(H,16,17). The van der Waals surface area contributed by atoms with Crippen molar-refractivity contribution in [2.24, 2.45) is 0 Å². The zero-order valence-corrected chi connectivity index (χ0v) is 8.72. The van der Waals surface area contributed by atoms with Gasteiger partial charge < -0.3 is 10.2 Å². The third kappa shape index (κ3) is 2.10. The predicted molar refractivity (Wildman–Crippen MR) is 60.5 cm³/mol. The molecule has 0 aliphatic heterocycles. The van der Waals surface area contributed by atoms with Gasteiger partial charge in [0, 0.05) is 5.56 Å². The summed E-state index contributed by atoms with van der Waals surface area (Å²) in [5.41, 5.74) is 0.471. The van der Waals surface area contributed by atoms with Crippen LogP contribution in [-0.2, 0) is 0 Å². The summed E-state index contributed by atoms with van der Waals surface area (Å²) in [6.07, 6.45) is 0. The van der Waals surface area contributed by atoms with E-state index in [1.807, 2.05) is 0 Å². The highest BCUT2D eigenvalue weighted by molar-refractivity contribution is 5.92. The Labute approximate surface area is 96.8 Å². The fourth-order valence-corrected chi connectivity index (χ4v) is 1.57. The predicted octanol–water partition coefficient (Wildman–Crippen LogP) is 2.90. The second kappa shape index (κ2) is 4.25. The topological polar surface area (TPSA) is 57.5 Å². The molecular formula is C13H9FO3. The maximum atomic E-state index is 13.5. The van der Waals surface area contributed by atoms with Gasteiger partial charge in [0.25, 0.3) is 0 Å². The van der Waals surface area contributed by atoms with Crippen molar-refractivity contribution in [1.82, 2.24) is 0 Å². The number of hydrogen-bond acceptors (Lipinski definition) is 2. The molecule has 0 amide bonds. The molecule has 4 heteroatoms. The fourth-order valence-electron chi connectivity index (χ4n) is 1.57. The van der Waals surface area contributed by atoms with Crippen molar-refractivity contribution in [2.75, 3.05) is 0 Å². The minimum Gasteiger partial charge on any atom is -0.507 e. The van der Waals surface area contributed by atoms with Crippen molar-refractivity contribution < 1.29 is 19.4 Å². The molecule has 0 saturated heterocycles. The Morgan fingerprint density at radius 2 is 1.82 bits per heavy atom. The van der Waals surface area contributed by atoms with E-state index in [9.17, 15) is 14.3 Å². The van der Waals surface area contributed by atoms with Crippen LogP contribution in [-0.4, -0.2) is 16.2 Å². The van der Waals surface area contributed by atoms with Crippen LogP contribution in [0.1, 0.15) is 10.4 Å². The molecule has 2 N–H and O–H groups in total. The molecule has 0 heterocycles. The number of benzene rings is 2. The number of aromatic hydroxyl groups is 1. The highest BCUT2D eigenvalue weighted by atomic mass is 19.1. The number of hydrogen-bond donors (Lipinski definition) is 2. The van der Waals surface area contributed by atoms with E-state index in [-0.39, 0.29) is 11.3 Å². The van der Waals surface area contributed by atoms with E-state index in [0.29, 0.717) is 11.1 Å². The lowest BCUT2D eigenvalue weighted by molar-refractivity contribution is 0.0694. The first-order valence-electron chi connectivity index (χ1n) is 4.91. The fraction of sp³-hybridized carbons (Fsp3) is 0. The van der Waals surface area contributed by atoms with Crippen LogP contribution in [0.25, 0.3) is 11.1 Å². The third-order valence-electron chi connectivity index (χ3n) is 2.41. The number of halogens is 1. The minimum atomic E-state index is -1.25. The molecule has 0 saturated carbocycles. The summed E-state index contributed by atoms with van der Waals surface area (Å²) in [5, 5.41) is 18.2. The van der Waals surface area contributed by atoms with Crippen LogP contribution in [0.3, 0.4) is 0 Å². The molecule has 0 spiro atoms. The van der Waals surface area contributed by atoms with Gasteiger partial charge in [-0.05, 0) is 23.8 Å². The molecule has 86 valence electrons. The lowest BCUT2D eigenvalue weighted by Crippen LogP contribution is -1.97. The van der Waals surface area contributed by atoms with Gasteiger partial charge in [-0.3, -0.25) is 0 Å². The van der Waals surface area contributed by atoms with Crippen LogP contribution in [0.5, 0.6) is 5.75 Å². The van der Waals surface area contributed by atoms with Gasteiger partial charge in [-0.2, -0.15) is 0 Å². The van der Waals surface area contributed by atoms with Crippen LogP contribution in [0, 0.1) is 5.82 Å². The maximum absolute atomic E-state index is 13.5. The Hall–Kier alpha value is -2.36. The van der Waals surface area contributed by atoms with E-state index in [0.717, 1.165) is 0 Å². The van der Waals surface area contributed by atoms with Gasteiger partial charge in [0.2, 0.25) is 0 Å². The number of carbonyl (C=O) groups is 1. The monoisotopic (exact) mass is 232 g/mol. The first kappa shape index (κ1) is 11.1. The molecule has 0 radical (unpaired) electrons. The van der Waals surface area contributed by atoms with Gasteiger partial charge >= 0.3 is 5.97 Å². The molecule has 0 atom stereocenters. The Morgan fingerprint density at radius 1 is 1.12 bits per heavy atom. The Morgan fingerprint density at radius 3 is 2.47 bits per heavy atom. The van der Waals surface area contributed by atoms with Crippen molar-refractivity contribution in [3.05, 3.63) is 53.8 Å². The maximum Gasteiger partial charge on any atom is 0.339 e. The second-order valence-corrected chi connectivity index (χ2v) is 3.52. The van der Waals surface area contributed by atoms with Crippen molar-refractivity contribution in [2.45, 2.75) is 0 Å². The van der Waals surface area contributed by atoms with Gasteiger partial charge in [-0.25, -0.2) is 9.18 Å². The van der Waals surface area contributed by atoms with E-state index in [2.05, 4.69) is 0 Å². The van der Waals surface area contributed by atoms with Crippen LogP contribution in [0.2, 0.25) is 0 Å². The summed E-state index contributed by atoms with van der Waals surface area (Å²) in [6.45, 7) is 0. The molecule has 0 fully saturated rings. The Balaban J connectivity index is 2.58. The average molecular weight is 232 g/mol. The highest BCUT2D eigenvalue weighted by Gasteiger charge is 2.12. The number of aromatic carboxylic acids is 1. The van der Waals surface area contributed by atoms with E-state index < -0.39 is 11.8 Å². The van der Waals surface area contributed by atoms with Gasteiger partial charge in [-0.15, -0.1) is 0 Å². The summed E-state index contributed by atoms with van der Waals surface area (Å²) >= 11 is 0. The van der Waals surface area contributed by atoms with Crippen LogP contribution in [0.4, 0.5) is 4.39 Å². The number of rotatable bonds is 2. The normalized spacial score (nSPS) is 10.2. The summed E-state index contributed by atoms with van der Waals surface area (Å²) in [7, 11) is 0. The van der Waals surface area contributed by atoms with Gasteiger partial charge in [-0.1, -0.05) is 24.3 Å². The highest BCUT2D eigenvalue weighted by Crippen LogP contribution is 2.27. The zero-order valence-electron chi connectivity index (χ0n) is 8.72. The first-order valence-corrected chi connectivity index (χ1v) is 4.91. The summed E-state index contributed by atoms with van der Waals surface area (Å²) < 4.78 is 13.5. The van der Waals surface area contributed by atoms with E-state index in [4.69, 9.17) is 5.11 Å². The Bertz CT molecular complexity index is 579. The molecule has 0 aliphatic rings. The number of carboxylic acid groups (broad SMARTS) is 1. The summed E-state index contributed by atoms with van der Waals surface area (Å²) in [5.74, 6) is -2.02. The first-order chi connectivity index (χ1) is 8.09. The molecule has 0 aromatic heterocycles. The molecule has 0 bridgehead atoms. The van der Waals surface area contributed by atoms with Crippen molar-refractivity contribution in [3.63, 3.8) is 0 Å². The molecule has 0 unspecified atom stereocenters. The minimum absolute atomic E-state index is 0.245. The van der Waals surface area contributed by atoms with Crippen molar-refractivity contribution in [3.8, 4) is 16.9 Å². The van der Waals surface area contributed by atoms with Crippen LogP contribution < -0.4 is 0 Å². The molecule has 3 nitrogen and oxygen atoms in total. The van der Waals surface area contributed by atoms with E-state index in [1.165, 1.54) is 24.3 Å². The van der Waals surface area contributed by atoms with Gasteiger partial charge in [0.1, 0.15) is 17.1 Å². The SMILES string of the molecule is O=C(O)c1cc(-c2ccccc2F)ccc1O. The Kier molecular flexibility index (Phi) is 2.78. The molecule has 2 aromatic carbocycles. The van der Waals surface area contributed by atoms with Gasteiger partial charge in [0.15, 0.2) is 0 Å². The van der Waals surface area contributed by atoms with Crippen LogP contribution >= 0.6 is 0 Å². The number of phenols is 1. The molecule has 0 aliphatic carbocycles. The van der Waals surface area contributed by atoms with Gasteiger partial charge in [0.05, 0.1) is 0 Å². The van der Waals surface area contributed by atoms with Crippen molar-refractivity contribution >= 4 is 5.97 Å².